The summed E-state index contributed by atoms with van der Waals surface area (Å²) in [6.45, 7) is 0.816. The summed E-state index contributed by atoms with van der Waals surface area (Å²) in [5.74, 6) is 4.30. The lowest BCUT2D eigenvalue weighted by atomic mass is 10.0. The summed E-state index contributed by atoms with van der Waals surface area (Å²) in [6, 6.07) is 29.4. The third-order valence-corrected chi connectivity index (χ3v) is 4.95. The van der Waals surface area contributed by atoms with Crippen LogP contribution in [0.15, 0.2) is 91.0 Å². The Morgan fingerprint density at radius 2 is 1.44 bits per heavy atom. The zero-order valence-corrected chi connectivity index (χ0v) is 17.8. The van der Waals surface area contributed by atoms with E-state index in [0.717, 1.165) is 22.3 Å². The highest BCUT2D eigenvalue weighted by Crippen LogP contribution is 2.34. The van der Waals surface area contributed by atoms with Gasteiger partial charge in [-0.3, -0.25) is 0 Å². The Kier molecular flexibility index (Phi) is 6.69. The van der Waals surface area contributed by atoms with Crippen LogP contribution in [0.2, 0.25) is 0 Å². The molecule has 0 saturated carbocycles. The molecule has 0 unspecified atom stereocenters. The molecule has 0 spiro atoms. The Bertz CT molecular complexity index is 1210. The summed E-state index contributed by atoms with van der Waals surface area (Å²) in [5.41, 5.74) is 4.51. The van der Waals surface area contributed by atoms with Crippen LogP contribution in [0.5, 0.6) is 17.5 Å². The highest BCUT2D eigenvalue weighted by Gasteiger charge is 2.13. The maximum atomic E-state index is 6.13. The highest BCUT2D eigenvalue weighted by atomic mass is 16.5. The fourth-order valence-electron chi connectivity index (χ4n) is 3.28. The van der Waals surface area contributed by atoms with E-state index in [0.29, 0.717) is 36.3 Å². The van der Waals surface area contributed by atoms with E-state index in [2.05, 4.69) is 10.9 Å². The Labute approximate surface area is 188 Å². The molecule has 0 atom stereocenters. The maximum Gasteiger partial charge on any atom is 0.225 e. The van der Waals surface area contributed by atoms with Gasteiger partial charge < -0.3 is 14.2 Å². The molecule has 1 heterocycles. The molecule has 0 aliphatic carbocycles. The van der Waals surface area contributed by atoms with Gasteiger partial charge in [0.2, 0.25) is 11.8 Å². The second-order valence-corrected chi connectivity index (χ2v) is 7.11. The zero-order valence-electron chi connectivity index (χ0n) is 17.8. The number of rotatable bonds is 8. The van der Waals surface area contributed by atoms with Gasteiger partial charge in [-0.05, 0) is 34.9 Å². The zero-order chi connectivity index (χ0) is 22.2. The van der Waals surface area contributed by atoms with Gasteiger partial charge in [-0.15, -0.1) is 6.42 Å². The molecule has 4 aromatic rings. The fourth-order valence-corrected chi connectivity index (χ4v) is 3.28. The van der Waals surface area contributed by atoms with Crippen molar-refractivity contribution in [3.63, 3.8) is 0 Å². The first-order valence-corrected chi connectivity index (χ1v) is 10.3. The number of hydrogen-bond acceptors (Lipinski definition) is 4. The van der Waals surface area contributed by atoms with Gasteiger partial charge in [-0.25, -0.2) is 0 Å². The van der Waals surface area contributed by atoms with E-state index in [-0.39, 0.29) is 0 Å². The van der Waals surface area contributed by atoms with E-state index in [1.54, 1.807) is 7.11 Å². The molecule has 3 aromatic carbocycles. The molecule has 4 heteroatoms. The van der Waals surface area contributed by atoms with E-state index in [9.17, 15) is 0 Å². The van der Waals surface area contributed by atoms with Crippen LogP contribution in [0.1, 0.15) is 16.7 Å². The first-order chi connectivity index (χ1) is 15.8. The molecular weight excluding hydrogens is 398 g/mol. The van der Waals surface area contributed by atoms with Crippen molar-refractivity contribution < 1.29 is 14.2 Å². The largest absolute Gasteiger partial charge is 0.495 e. The molecule has 32 heavy (non-hydrogen) atoms. The Balaban J connectivity index is 1.64. The average molecular weight is 421 g/mol. The van der Waals surface area contributed by atoms with Gasteiger partial charge in [0, 0.05) is 11.6 Å². The quantitative estimate of drug-likeness (QED) is 0.332. The lowest BCUT2D eigenvalue weighted by Gasteiger charge is -2.14. The number of methoxy groups -OCH3 is 1. The molecule has 0 fully saturated rings. The van der Waals surface area contributed by atoms with Gasteiger partial charge in [0.05, 0.1) is 12.7 Å². The van der Waals surface area contributed by atoms with Crippen molar-refractivity contribution >= 4 is 0 Å². The number of aromatic nitrogens is 1. The summed E-state index contributed by atoms with van der Waals surface area (Å²) in [6.07, 6.45) is 5.67. The van der Waals surface area contributed by atoms with E-state index < -0.39 is 0 Å². The smallest absolute Gasteiger partial charge is 0.225 e. The molecule has 1 aromatic heterocycles. The predicted molar refractivity (Wildman–Crippen MR) is 126 cm³/mol. The van der Waals surface area contributed by atoms with E-state index in [1.807, 2.05) is 91.0 Å². The molecule has 0 bridgehead atoms. The van der Waals surface area contributed by atoms with Crippen molar-refractivity contribution in [2.75, 3.05) is 7.11 Å². The minimum absolute atomic E-state index is 0.390. The van der Waals surface area contributed by atoms with Crippen LogP contribution >= 0.6 is 0 Å². The summed E-state index contributed by atoms with van der Waals surface area (Å²) in [4.78, 5) is 4.65. The maximum absolute atomic E-state index is 6.13. The van der Waals surface area contributed by atoms with Crippen LogP contribution in [0.3, 0.4) is 0 Å². The summed E-state index contributed by atoms with van der Waals surface area (Å²) < 4.78 is 17.4. The average Bonchev–Trinajstić information content (AvgIpc) is 2.87. The van der Waals surface area contributed by atoms with Gasteiger partial charge in [-0.2, -0.15) is 4.98 Å². The molecular formula is C28H23NO3. The van der Waals surface area contributed by atoms with Crippen molar-refractivity contribution in [2.45, 2.75) is 13.2 Å². The summed E-state index contributed by atoms with van der Waals surface area (Å²) >= 11 is 0. The number of nitrogens with zero attached hydrogens (tertiary/aromatic N) is 1. The number of hydrogen-bond donors (Lipinski definition) is 0. The van der Waals surface area contributed by atoms with Crippen molar-refractivity contribution in [3.8, 4) is 41.0 Å². The summed E-state index contributed by atoms with van der Waals surface area (Å²) in [5, 5.41) is 0. The standard InChI is InChI=1S/C28H23NO3/c1-3-23-18-24(14-16-26(23)30-2)25-15-17-27(31-19-21-10-6-4-7-11-21)29-28(25)32-20-22-12-8-5-9-13-22/h1,4-18H,19-20H2,2H3. The van der Waals surface area contributed by atoms with Gasteiger partial charge in [-0.1, -0.05) is 72.7 Å². The van der Waals surface area contributed by atoms with Crippen LogP contribution in [0.4, 0.5) is 0 Å². The summed E-state index contributed by atoms with van der Waals surface area (Å²) in [7, 11) is 1.60. The van der Waals surface area contributed by atoms with Gasteiger partial charge in [0.25, 0.3) is 0 Å². The van der Waals surface area contributed by atoms with Gasteiger partial charge in [0.15, 0.2) is 0 Å². The third-order valence-electron chi connectivity index (χ3n) is 4.95. The van der Waals surface area contributed by atoms with Gasteiger partial charge in [0.1, 0.15) is 19.0 Å². The second kappa shape index (κ2) is 10.2. The Morgan fingerprint density at radius 1 is 0.781 bits per heavy atom. The number of ether oxygens (including phenoxy) is 3. The Morgan fingerprint density at radius 3 is 2.06 bits per heavy atom. The Hall–Kier alpha value is -4.23. The SMILES string of the molecule is C#Cc1cc(-c2ccc(OCc3ccccc3)nc2OCc2ccccc2)ccc1OC. The predicted octanol–water partition coefficient (Wildman–Crippen LogP) is 5.90. The molecule has 0 saturated heterocycles. The fraction of sp³-hybridized carbons (Fsp3) is 0.107. The van der Waals surface area contributed by atoms with Crippen molar-refractivity contribution in [3.05, 3.63) is 108 Å². The van der Waals surface area contributed by atoms with Crippen molar-refractivity contribution in [1.82, 2.24) is 4.98 Å². The van der Waals surface area contributed by atoms with Crippen molar-refractivity contribution in [2.24, 2.45) is 0 Å². The first kappa shape index (κ1) is 21.0. The normalized spacial score (nSPS) is 10.2. The molecule has 0 radical (unpaired) electrons. The van der Waals surface area contributed by atoms with Crippen LogP contribution in [-0.4, -0.2) is 12.1 Å². The van der Waals surface area contributed by atoms with Crippen LogP contribution < -0.4 is 14.2 Å². The van der Waals surface area contributed by atoms with E-state index in [4.69, 9.17) is 20.6 Å². The molecule has 158 valence electrons. The molecule has 0 aliphatic heterocycles. The molecule has 0 aliphatic rings. The minimum atomic E-state index is 0.390. The molecule has 0 amide bonds. The van der Waals surface area contributed by atoms with E-state index >= 15 is 0 Å². The highest BCUT2D eigenvalue weighted by molar-refractivity contribution is 5.72. The molecule has 4 rings (SSSR count). The van der Waals surface area contributed by atoms with E-state index in [1.165, 1.54) is 0 Å². The van der Waals surface area contributed by atoms with Gasteiger partial charge >= 0.3 is 0 Å². The number of terminal acetylenes is 1. The van der Waals surface area contributed by atoms with Crippen molar-refractivity contribution in [1.29, 1.82) is 0 Å². The topological polar surface area (TPSA) is 40.6 Å². The van der Waals surface area contributed by atoms with Crippen LogP contribution in [0.25, 0.3) is 11.1 Å². The monoisotopic (exact) mass is 421 g/mol. The lowest BCUT2D eigenvalue weighted by molar-refractivity contribution is 0.268. The second-order valence-electron chi connectivity index (χ2n) is 7.11. The lowest BCUT2D eigenvalue weighted by Crippen LogP contribution is -2.02. The number of pyridine rings is 1. The number of benzene rings is 3. The molecule has 4 nitrogen and oxygen atoms in total. The third kappa shape index (κ3) is 5.08. The van der Waals surface area contributed by atoms with Crippen LogP contribution in [-0.2, 0) is 13.2 Å². The molecule has 0 N–H and O–H groups in total. The first-order valence-electron chi connectivity index (χ1n) is 10.3. The van der Waals surface area contributed by atoms with Crippen LogP contribution in [0, 0.1) is 12.3 Å². The minimum Gasteiger partial charge on any atom is -0.495 e.